The van der Waals surface area contributed by atoms with Crippen molar-refractivity contribution in [3.8, 4) is 0 Å². The molecule has 6 heteroatoms. The van der Waals surface area contributed by atoms with E-state index in [0.29, 0.717) is 19.7 Å². The molecule has 0 saturated heterocycles. The Bertz CT molecular complexity index is 624. The predicted octanol–water partition coefficient (Wildman–Crippen LogP) is 2.08. The normalized spacial score (nSPS) is 13.9. The summed E-state index contributed by atoms with van der Waals surface area (Å²) in [7, 11) is 1.65. The maximum Gasteiger partial charge on any atom is 0.322 e. The summed E-state index contributed by atoms with van der Waals surface area (Å²) in [5.41, 5.74) is 2.75. The summed E-state index contributed by atoms with van der Waals surface area (Å²) in [6.07, 6.45) is 1.82. The van der Waals surface area contributed by atoms with Gasteiger partial charge in [0.15, 0.2) is 0 Å². The van der Waals surface area contributed by atoms with Crippen LogP contribution in [-0.2, 0) is 24.4 Å². The van der Waals surface area contributed by atoms with Gasteiger partial charge in [0.25, 0.3) is 0 Å². The summed E-state index contributed by atoms with van der Waals surface area (Å²) < 4.78 is 7.23. The molecule has 1 aliphatic rings. The van der Waals surface area contributed by atoms with Crippen LogP contribution in [0, 0.1) is 0 Å². The molecule has 0 atom stereocenters. The van der Waals surface area contributed by atoms with Crippen molar-refractivity contribution in [3.05, 3.63) is 48.0 Å². The van der Waals surface area contributed by atoms with Gasteiger partial charge in [0.1, 0.15) is 0 Å². The maximum absolute atomic E-state index is 12.3. The van der Waals surface area contributed by atoms with E-state index in [1.165, 1.54) is 0 Å². The Morgan fingerprint density at radius 3 is 2.90 bits per heavy atom. The molecular weight excluding hydrogens is 268 g/mol. The highest BCUT2D eigenvalue weighted by atomic mass is 16.5. The summed E-state index contributed by atoms with van der Waals surface area (Å²) in [6, 6.07) is 9.39. The molecule has 0 bridgehead atoms. The van der Waals surface area contributed by atoms with E-state index in [-0.39, 0.29) is 6.03 Å². The number of benzene rings is 1. The lowest BCUT2D eigenvalue weighted by atomic mass is 10.2. The molecule has 2 amide bonds. The standard InChI is InChI=1S/C15H18N4O2/c1-21-10-13-14-9-18(7-8-19(14)11-16-13)15(20)17-12-5-3-2-4-6-12/h2-6,11H,7-10H2,1H3,(H,17,20). The number of nitrogens with zero attached hydrogens (tertiary/aromatic N) is 3. The van der Waals surface area contributed by atoms with Crippen molar-refractivity contribution in [2.45, 2.75) is 19.7 Å². The van der Waals surface area contributed by atoms with Crippen LogP contribution in [-0.4, -0.2) is 34.1 Å². The van der Waals surface area contributed by atoms with E-state index in [1.807, 2.05) is 36.7 Å². The quantitative estimate of drug-likeness (QED) is 0.939. The number of amides is 2. The average Bonchev–Trinajstić information content (AvgIpc) is 2.91. The number of carbonyl (C=O) groups is 1. The number of para-hydroxylation sites is 1. The number of carbonyl (C=O) groups excluding carboxylic acids is 1. The molecule has 1 aliphatic heterocycles. The molecule has 1 N–H and O–H groups in total. The van der Waals surface area contributed by atoms with Gasteiger partial charge in [-0.25, -0.2) is 9.78 Å². The number of rotatable bonds is 3. The largest absolute Gasteiger partial charge is 0.378 e. The highest BCUT2D eigenvalue weighted by Crippen LogP contribution is 2.18. The second-order valence-electron chi connectivity index (χ2n) is 4.98. The minimum atomic E-state index is -0.0861. The Morgan fingerprint density at radius 1 is 1.33 bits per heavy atom. The number of fused-ring (bicyclic) bond motifs is 1. The first-order chi connectivity index (χ1) is 10.3. The fourth-order valence-corrected chi connectivity index (χ4v) is 2.47. The number of nitrogens with one attached hydrogen (secondary N) is 1. The SMILES string of the molecule is COCc1ncn2c1CN(C(=O)Nc1ccccc1)CC2. The summed E-state index contributed by atoms with van der Waals surface area (Å²) in [4.78, 5) is 18.5. The second kappa shape index (κ2) is 5.97. The number of ether oxygens (including phenoxy) is 1. The van der Waals surface area contributed by atoms with Crippen LogP contribution in [0.1, 0.15) is 11.4 Å². The minimum Gasteiger partial charge on any atom is -0.378 e. The van der Waals surface area contributed by atoms with Crippen LogP contribution >= 0.6 is 0 Å². The van der Waals surface area contributed by atoms with Gasteiger partial charge >= 0.3 is 6.03 Å². The van der Waals surface area contributed by atoms with Crippen molar-refractivity contribution in [2.75, 3.05) is 19.0 Å². The second-order valence-corrected chi connectivity index (χ2v) is 4.98. The number of anilines is 1. The van der Waals surface area contributed by atoms with Crippen LogP contribution in [0.5, 0.6) is 0 Å². The summed E-state index contributed by atoms with van der Waals surface area (Å²) in [5, 5.41) is 2.91. The van der Waals surface area contributed by atoms with E-state index in [2.05, 4.69) is 14.9 Å². The summed E-state index contributed by atoms with van der Waals surface area (Å²) >= 11 is 0. The van der Waals surface area contributed by atoms with Gasteiger partial charge in [-0.05, 0) is 12.1 Å². The van der Waals surface area contributed by atoms with Gasteiger partial charge < -0.3 is 19.5 Å². The Balaban J connectivity index is 1.70. The lowest BCUT2D eigenvalue weighted by molar-refractivity contribution is 0.175. The molecule has 0 saturated carbocycles. The van der Waals surface area contributed by atoms with Crippen LogP contribution in [0.15, 0.2) is 36.7 Å². The van der Waals surface area contributed by atoms with E-state index in [0.717, 1.165) is 23.6 Å². The number of urea groups is 1. The molecule has 0 radical (unpaired) electrons. The highest BCUT2D eigenvalue weighted by molar-refractivity contribution is 5.89. The van der Waals surface area contributed by atoms with Crippen molar-refractivity contribution >= 4 is 11.7 Å². The molecule has 110 valence electrons. The third kappa shape index (κ3) is 2.90. The zero-order chi connectivity index (χ0) is 14.7. The lowest BCUT2D eigenvalue weighted by Crippen LogP contribution is -2.40. The Kier molecular flexibility index (Phi) is 3.87. The van der Waals surface area contributed by atoms with Crippen molar-refractivity contribution in [1.82, 2.24) is 14.5 Å². The first-order valence-corrected chi connectivity index (χ1v) is 6.90. The average molecular weight is 286 g/mol. The molecule has 0 unspecified atom stereocenters. The minimum absolute atomic E-state index is 0.0861. The van der Waals surface area contributed by atoms with E-state index < -0.39 is 0 Å². The molecule has 2 heterocycles. The topological polar surface area (TPSA) is 59.4 Å². The number of imidazole rings is 1. The number of hydrogen-bond donors (Lipinski definition) is 1. The number of aromatic nitrogens is 2. The van der Waals surface area contributed by atoms with Crippen molar-refractivity contribution in [3.63, 3.8) is 0 Å². The Hall–Kier alpha value is -2.34. The Morgan fingerprint density at radius 2 is 2.14 bits per heavy atom. The third-order valence-corrected chi connectivity index (χ3v) is 3.58. The number of hydrogen-bond acceptors (Lipinski definition) is 3. The van der Waals surface area contributed by atoms with E-state index in [4.69, 9.17) is 4.74 Å². The fraction of sp³-hybridized carbons (Fsp3) is 0.333. The van der Waals surface area contributed by atoms with Crippen molar-refractivity contribution < 1.29 is 9.53 Å². The van der Waals surface area contributed by atoms with Crippen LogP contribution in [0.4, 0.5) is 10.5 Å². The van der Waals surface area contributed by atoms with Crippen molar-refractivity contribution in [1.29, 1.82) is 0 Å². The smallest absolute Gasteiger partial charge is 0.322 e. The van der Waals surface area contributed by atoms with Gasteiger partial charge in [0, 0.05) is 25.9 Å². The third-order valence-electron chi connectivity index (χ3n) is 3.58. The number of methoxy groups -OCH3 is 1. The monoisotopic (exact) mass is 286 g/mol. The van der Waals surface area contributed by atoms with Gasteiger partial charge in [-0.1, -0.05) is 18.2 Å². The van der Waals surface area contributed by atoms with Gasteiger partial charge in [-0.2, -0.15) is 0 Å². The molecule has 0 spiro atoms. The highest BCUT2D eigenvalue weighted by Gasteiger charge is 2.23. The van der Waals surface area contributed by atoms with E-state index >= 15 is 0 Å². The summed E-state index contributed by atoms with van der Waals surface area (Å²) in [6.45, 7) is 2.45. The molecule has 21 heavy (non-hydrogen) atoms. The van der Waals surface area contributed by atoms with Gasteiger partial charge in [-0.15, -0.1) is 0 Å². The summed E-state index contributed by atoms with van der Waals surface area (Å²) in [5.74, 6) is 0. The lowest BCUT2D eigenvalue weighted by Gasteiger charge is -2.28. The van der Waals surface area contributed by atoms with Crippen molar-refractivity contribution in [2.24, 2.45) is 0 Å². The molecule has 0 aliphatic carbocycles. The van der Waals surface area contributed by atoms with Gasteiger partial charge in [0.05, 0.1) is 30.9 Å². The van der Waals surface area contributed by atoms with Crippen LogP contribution in [0.3, 0.4) is 0 Å². The first kappa shape index (κ1) is 13.6. The molecule has 0 fully saturated rings. The molecule has 2 aromatic rings. The molecule has 3 rings (SSSR count). The molecule has 1 aromatic heterocycles. The molecule has 1 aromatic carbocycles. The fourth-order valence-electron chi connectivity index (χ4n) is 2.47. The zero-order valence-corrected chi connectivity index (χ0v) is 12.0. The van der Waals surface area contributed by atoms with Gasteiger partial charge in [-0.3, -0.25) is 0 Å². The molecular formula is C15H18N4O2. The first-order valence-electron chi connectivity index (χ1n) is 6.90. The van der Waals surface area contributed by atoms with E-state index in [1.54, 1.807) is 12.0 Å². The Labute approximate surface area is 123 Å². The van der Waals surface area contributed by atoms with Gasteiger partial charge in [0.2, 0.25) is 0 Å². The zero-order valence-electron chi connectivity index (χ0n) is 12.0. The maximum atomic E-state index is 12.3. The predicted molar refractivity (Wildman–Crippen MR) is 78.8 cm³/mol. The van der Waals surface area contributed by atoms with E-state index in [9.17, 15) is 4.79 Å². The molecule has 6 nitrogen and oxygen atoms in total. The van der Waals surface area contributed by atoms with Crippen LogP contribution in [0.2, 0.25) is 0 Å². The van der Waals surface area contributed by atoms with Crippen LogP contribution in [0.25, 0.3) is 0 Å². The van der Waals surface area contributed by atoms with Crippen LogP contribution < -0.4 is 5.32 Å².